The molecule has 0 spiro atoms. The van der Waals surface area contributed by atoms with Gasteiger partial charge in [0.1, 0.15) is 11.5 Å². The Labute approximate surface area is 183 Å². The van der Waals surface area contributed by atoms with Gasteiger partial charge in [-0.05, 0) is 43.7 Å². The predicted molar refractivity (Wildman–Crippen MR) is 110 cm³/mol. The fourth-order valence-electron chi connectivity index (χ4n) is 3.53. The first-order chi connectivity index (χ1) is 15.1. The van der Waals surface area contributed by atoms with Crippen LogP contribution in [0.25, 0.3) is 0 Å². The summed E-state index contributed by atoms with van der Waals surface area (Å²) in [5.41, 5.74) is -0.153. The molecule has 1 aromatic carbocycles. The average molecular weight is 451 g/mol. The second-order valence-electron chi connectivity index (χ2n) is 7.60. The lowest BCUT2D eigenvalue weighted by Crippen LogP contribution is -2.53. The van der Waals surface area contributed by atoms with Gasteiger partial charge in [0.2, 0.25) is 0 Å². The smallest absolute Gasteiger partial charge is 0.433 e. The summed E-state index contributed by atoms with van der Waals surface area (Å²) in [7, 11) is 1.26. The van der Waals surface area contributed by atoms with Crippen molar-refractivity contribution in [2.75, 3.05) is 25.1 Å². The Bertz CT molecular complexity index is 956. The quantitative estimate of drug-likeness (QED) is 0.654. The van der Waals surface area contributed by atoms with Crippen molar-refractivity contribution >= 4 is 17.8 Å². The number of ether oxygens (including phenoxy) is 2. The first-order valence-electron chi connectivity index (χ1n) is 10.0. The Morgan fingerprint density at radius 3 is 2.31 bits per heavy atom. The molecule has 0 aliphatic carbocycles. The molecule has 1 fully saturated rings. The second-order valence-corrected chi connectivity index (χ2v) is 7.60. The van der Waals surface area contributed by atoms with Crippen LogP contribution in [0.3, 0.4) is 0 Å². The molecule has 2 amide bonds. The van der Waals surface area contributed by atoms with Crippen LogP contribution in [0.1, 0.15) is 35.5 Å². The van der Waals surface area contributed by atoms with Gasteiger partial charge in [0.15, 0.2) is 0 Å². The number of carbonyl (C=O) groups excluding carboxylic acids is 2. The number of rotatable bonds is 4. The summed E-state index contributed by atoms with van der Waals surface area (Å²) in [4.78, 5) is 31.5. The fraction of sp³-hybridized carbons (Fsp3) is 0.409. The van der Waals surface area contributed by atoms with E-state index in [1.165, 1.54) is 36.3 Å². The third kappa shape index (κ3) is 5.56. The molecule has 0 saturated carbocycles. The molecule has 172 valence electrons. The van der Waals surface area contributed by atoms with Gasteiger partial charge in [-0.2, -0.15) is 13.2 Å². The van der Waals surface area contributed by atoms with Crippen molar-refractivity contribution in [3.05, 3.63) is 59.3 Å². The van der Waals surface area contributed by atoms with E-state index in [2.05, 4.69) is 9.72 Å². The minimum atomic E-state index is -4.64. The van der Waals surface area contributed by atoms with Crippen LogP contribution in [-0.2, 0) is 22.2 Å². The van der Waals surface area contributed by atoms with E-state index in [0.29, 0.717) is 24.2 Å². The van der Waals surface area contributed by atoms with Crippen LogP contribution in [0.15, 0.2) is 42.5 Å². The fourth-order valence-corrected chi connectivity index (χ4v) is 3.53. The topological polar surface area (TPSA) is 72.0 Å². The number of anilines is 1. The predicted octanol–water partition coefficient (Wildman–Crippen LogP) is 4.12. The maximum Gasteiger partial charge on any atom is 0.433 e. The van der Waals surface area contributed by atoms with Crippen molar-refractivity contribution in [3.63, 3.8) is 0 Å². The zero-order valence-corrected chi connectivity index (χ0v) is 17.9. The lowest BCUT2D eigenvalue weighted by Gasteiger charge is -2.38. The first-order valence-corrected chi connectivity index (χ1v) is 10.0. The van der Waals surface area contributed by atoms with Gasteiger partial charge in [0.25, 0.3) is 0 Å². The van der Waals surface area contributed by atoms with Gasteiger partial charge < -0.3 is 14.4 Å². The largest absolute Gasteiger partial charge is 0.465 e. The molecule has 1 aliphatic rings. The number of hydrogen-bond donors (Lipinski definition) is 0. The number of halogens is 3. The highest BCUT2D eigenvalue weighted by Crippen LogP contribution is 2.30. The molecule has 0 bridgehead atoms. The zero-order chi connectivity index (χ0) is 23.5. The van der Waals surface area contributed by atoms with E-state index in [4.69, 9.17) is 4.74 Å². The van der Waals surface area contributed by atoms with E-state index in [1.54, 1.807) is 17.0 Å². The summed E-state index contributed by atoms with van der Waals surface area (Å²) in [6.07, 6.45) is -5.06. The number of carbonyl (C=O) groups is 2. The molecule has 32 heavy (non-hydrogen) atoms. The second kappa shape index (κ2) is 9.56. The van der Waals surface area contributed by atoms with E-state index in [-0.39, 0.29) is 24.6 Å². The molecule has 10 heteroatoms. The minimum absolute atomic E-state index is 0.0330. The highest BCUT2D eigenvalue weighted by molar-refractivity contribution is 5.91. The number of esters is 1. The number of morpholine rings is 1. The monoisotopic (exact) mass is 451 g/mol. The molecule has 2 unspecified atom stereocenters. The van der Waals surface area contributed by atoms with Crippen molar-refractivity contribution in [1.29, 1.82) is 0 Å². The molecule has 1 saturated heterocycles. The van der Waals surface area contributed by atoms with Crippen LogP contribution in [0.2, 0.25) is 0 Å². The number of aromatic nitrogens is 1. The summed E-state index contributed by atoms with van der Waals surface area (Å²) in [6, 6.07) is 9.26. The van der Waals surface area contributed by atoms with Gasteiger partial charge >= 0.3 is 18.2 Å². The van der Waals surface area contributed by atoms with Gasteiger partial charge in [0.05, 0.1) is 31.4 Å². The number of nitrogens with zero attached hydrogens (tertiary/aromatic N) is 3. The van der Waals surface area contributed by atoms with Crippen molar-refractivity contribution in [2.24, 2.45) is 0 Å². The summed E-state index contributed by atoms with van der Waals surface area (Å²) >= 11 is 0. The number of hydrogen-bond acceptors (Lipinski definition) is 5. The van der Waals surface area contributed by atoms with E-state index in [9.17, 15) is 22.8 Å². The maximum absolute atomic E-state index is 13.4. The number of urea groups is 1. The van der Waals surface area contributed by atoms with Gasteiger partial charge in [-0.25, -0.2) is 14.6 Å². The Kier molecular flexibility index (Phi) is 7.02. The van der Waals surface area contributed by atoms with Crippen molar-refractivity contribution in [3.8, 4) is 0 Å². The van der Waals surface area contributed by atoms with Crippen LogP contribution >= 0.6 is 0 Å². The summed E-state index contributed by atoms with van der Waals surface area (Å²) in [5.74, 6) is -0.631. The number of benzene rings is 1. The molecule has 0 radical (unpaired) electrons. The SMILES string of the molecule is COC(=O)c1ccc(CN(C(=O)N2CC(C)OC(C)C2)c2cccc(C(F)(F)F)n2)cc1. The van der Waals surface area contributed by atoms with Gasteiger partial charge in [-0.3, -0.25) is 4.90 Å². The zero-order valence-electron chi connectivity index (χ0n) is 17.9. The number of alkyl halides is 3. The number of pyridine rings is 1. The highest BCUT2D eigenvalue weighted by atomic mass is 19.4. The van der Waals surface area contributed by atoms with Gasteiger partial charge in [0, 0.05) is 13.1 Å². The molecule has 7 nitrogen and oxygen atoms in total. The maximum atomic E-state index is 13.4. The van der Waals surface area contributed by atoms with Gasteiger partial charge in [-0.1, -0.05) is 18.2 Å². The Balaban J connectivity index is 1.94. The standard InChI is InChI=1S/C22H24F3N3O4/c1-14-11-27(12-15(2)32-14)21(30)28(19-6-4-5-18(26-19)22(23,24)25)13-16-7-9-17(10-8-16)20(29)31-3/h4-10,14-15H,11-13H2,1-3H3. The van der Waals surface area contributed by atoms with Crippen LogP contribution in [-0.4, -0.2) is 54.3 Å². The minimum Gasteiger partial charge on any atom is -0.465 e. The summed E-state index contributed by atoms with van der Waals surface area (Å²) in [5, 5.41) is 0. The lowest BCUT2D eigenvalue weighted by atomic mass is 10.1. The van der Waals surface area contributed by atoms with E-state index in [0.717, 1.165) is 6.07 Å². The lowest BCUT2D eigenvalue weighted by molar-refractivity contribution is -0.141. The van der Waals surface area contributed by atoms with Crippen LogP contribution in [0, 0.1) is 0 Å². The highest BCUT2D eigenvalue weighted by Gasteiger charge is 2.35. The molecular formula is C22H24F3N3O4. The molecule has 2 aromatic rings. The van der Waals surface area contributed by atoms with Crippen LogP contribution in [0.5, 0.6) is 0 Å². The van der Waals surface area contributed by atoms with Crippen LogP contribution in [0.4, 0.5) is 23.8 Å². The average Bonchev–Trinajstić information content (AvgIpc) is 2.75. The van der Waals surface area contributed by atoms with Crippen molar-refractivity contribution in [2.45, 2.75) is 38.8 Å². The van der Waals surface area contributed by atoms with Gasteiger partial charge in [-0.15, -0.1) is 0 Å². The molecular weight excluding hydrogens is 427 g/mol. The van der Waals surface area contributed by atoms with Crippen molar-refractivity contribution in [1.82, 2.24) is 9.88 Å². The molecule has 3 rings (SSSR count). The molecule has 0 N–H and O–H groups in total. The molecule has 2 heterocycles. The third-order valence-electron chi connectivity index (χ3n) is 4.94. The summed E-state index contributed by atoms with van der Waals surface area (Å²) < 4.78 is 50.0. The summed E-state index contributed by atoms with van der Waals surface area (Å²) in [6.45, 7) is 4.23. The van der Waals surface area contributed by atoms with Crippen LogP contribution < -0.4 is 4.90 Å². The van der Waals surface area contributed by atoms with Crippen molar-refractivity contribution < 1.29 is 32.2 Å². The molecule has 2 atom stereocenters. The number of amides is 2. The Hall–Kier alpha value is -3.14. The molecule has 1 aliphatic heterocycles. The molecule has 1 aromatic heterocycles. The number of methoxy groups -OCH3 is 1. The first kappa shape index (κ1) is 23.5. The normalized spacial score (nSPS) is 18.9. The van der Waals surface area contributed by atoms with E-state index >= 15 is 0 Å². The van der Waals surface area contributed by atoms with E-state index < -0.39 is 23.9 Å². The third-order valence-corrected chi connectivity index (χ3v) is 4.94. The Morgan fingerprint density at radius 1 is 1.12 bits per heavy atom. The Morgan fingerprint density at radius 2 is 1.75 bits per heavy atom. The van der Waals surface area contributed by atoms with E-state index in [1.807, 2.05) is 13.8 Å².